The predicted molar refractivity (Wildman–Crippen MR) is 153 cm³/mol. The van der Waals surface area contributed by atoms with Crippen molar-refractivity contribution in [3.63, 3.8) is 0 Å². The Morgan fingerprint density at radius 2 is 1.80 bits per heavy atom. The Morgan fingerprint density at radius 3 is 2.49 bits per heavy atom. The molecule has 180 valence electrons. The zero-order valence-corrected chi connectivity index (χ0v) is 23.5. The van der Waals surface area contributed by atoms with E-state index in [4.69, 9.17) is 44.9 Å². The highest BCUT2D eigenvalue weighted by atomic mass is 79.9. The van der Waals surface area contributed by atoms with Crippen molar-refractivity contribution in [2.45, 2.75) is 20.5 Å². The van der Waals surface area contributed by atoms with Crippen LogP contribution in [0.5, 0.6) is 11.5 Å². The van der Waals surface area contributed by atoms with E-state index in [-0.39, 0.29) is 12.5 Å². The van der Waals surface area contributed by atoms with Gasteiger partial charge in [-0.1, -0.05) is 70.9 Å². The molecule has 35 heavy (non-hydrogen) atoms. The molecule has 0 atom stereocenters. The summed E-state index contributed by atoms with van der Waals surface area (Å²) in [6.45, 7) is 4.63. The molecule has 0 aliphatic carbocycles. The van der Waals surface area contributed by atoms with Gasteiger partial charge in [0.2, 0.25) is 0 Å². The highest BCUT2D eigenvalue weighted by Gasteiger charge is 2.33. The molecular weight excluding hydrogens is 589 g/mol. The van der Waals surface area contributed by atoms with Crippen molar-refractivity contribution in [1.82, 2.24) is 0 Å². The number of nitrogens with zero attached hydrogens (tertiary/aromatic N) is 1. The van der Waals surface area contributed by atoms with Crippen LogP contribution in [0.1, 0.15) is 23.6 Å². The first-order valence-electron chi connectivity index (χ1n) is 10.6. The number of hydrogen-bond acceptors (Lipinski definition) is 5. The van der Waals surface area contributed by atoms with Crippen LogP contribution in [0.25, 0.3) is 6.08 Å². The van der Waals surface area contributed by atoms with Gasteiger partial charge in [0.05, 0.1) is 31.7 Å². The number of carbonyl (C=O) groups is 1. The van der Waals surface area contributed by atoms with Gasteiger partial charge in [-0.2, -0.15) is 0 Å². The predicted octanol–water partition coefficient (Wildman–Crippen LogP) is 8.45. The normalized spacial score (nSPS) is 14.7. The van der Waals surface area contributed by atoms with Gasteiger partial charge in [0.1, 0.15) is 6.61 Å². The molecule has 3 aromatic carbocycles. The number of amides is 1. The third-order valence-electron chi connectivity index (χ3n) is 5.08. The number of ether oxygens (including phenoxy) is 2. The van der Waals surface area contributed by atoms with Gasteiger partial charge in [-0.3, -0.25) is 9.69 Å². The highest BCUT2D eigenvalue weighted by Crippen LogP contribution is 2.41. The summed E-state index contributed by atoms with van der Waals surface area (Å²) < 4.78 is 13.1. The van der Waals surface area contributed by atoms with E-state index in [9.17, 15) is 4.79 Å². The maximum atomic E-state index is 13.1. The lowest BCUT2D eigenvalue weighted by molar-refractivity contribution is -0.113. The maximum Gasteiger partial charge on any atom is 0.270 e. The lowest BCUT2D eigenvalue weighted by Crippen LogP contribution is -2.27. The fourth-order valence-electron chi connectivity index (χ4n) is 3.39. The number of anilines is 1. The van der Waals surface area contributed by atoms with Crippen molar-refractivity contribution in [3.8, 4) is 11.5 Å². The lowest BCUT2D eigenvalue weighted by atomic mass is 10.1. The van der Waals surface area contributed by atoms with E-state index in [1.807, 2.05) is 62.4 Å². The number of aryl methyl sites for hydroxylation is 1. The molecule has 1 amide bonds. The molecule has 3 aromatic rings. The van der Waals surface area contributed by atoms with Crippen molar-refractivity contribution >= 4 is 85.1 Å². The SMILES string of the molecule is CCOc1cc(/C=C2\SC(=S)N(c3ccc(C)cc3)C2=O)cc(Br)c1OCc1ccc(Cl)c(Cl)c1. The minimum Gasteiger partial charge on any atom is -0.490 e. The average Bonchev–Trinajstić information content (AvgIpc) is 3.09. The molecule has 9 heteroatoms. The maximum absolute atomic E-state index is 13.1. The van der Waals surface area contributed by atoms with Crippen LogP contribution < -0.4 is 14.4 Å². The fraction of sp³-hybridized carbons (Fsp3) is 0.154. The Labute approximate surface area is 232 Å². The molecule has 1 aliphatic rings. The first-order valence-corrected chi connectivity index (χ1v) is 13.4. The molecular formula is C26H20BrCl2NO3S2. The van der Waals surface area contributed by atoms with Crippen LogP contribution >= 0.6 is 63.1 Å². The molecule has 0 bridgehead atoms. The molecule has 0 radical (unpaired) electrons. The van der Waals surface area contributed by atoms with Crippen molar-refractivity contribution in [1.29, 1.82) is 0 Å². The molecule has 1 aliphatic heterocycles. The lowest BCUT2D eigenvalue weighted by Gasteiger charge is -2.15. The second kappa shape index (κ2) is 11.4. The minimum atomic E-state index is -0.155. The minimum absolute atomic E-state index is 0.155. The fourth-order valence-corrected chi connectivity index (χ4v) is 5.59. The van der Waals surface area contributed by atoms with Gasteiger partial charge in [-0.25, -0.2) is 0 Å². The van der Waals surface area contributed by atoms with Crippen LogP contribution in [0, 0.1) is 6.92 Å². The van der Waals surface area contributed by atoms with Gasteiger partial charge in [-0.15, -0.1) is 0 Å². The zero-order valence-electron chi connectivity index (χ0n) is 18.8. The molecule has 1 saturated heterocycles. The first-order chi connectivity index (χ1) is 16.8. The number of halogens is 3. The van der Waals surface area contributed by atoms with Gasteiger partial charge in [0.15, 0.2) is 15.8 Å². The monoisotopic (exact) mass is 607 g/mol. The van der Waals surface area contributed by atoms with Crippen molar-refractivity contribution < 1.29 is 14.3 Å². The van der Waals surface area contributed by atoms with E-state index in [1.54, 1.807) is 17.0 Å². The molecule has 0 N–H and O–H groups in total. The first kappa shape index (κ1) is 26.0. The molecule has 0 aromatic heterocycles. The highest BCUT2D eigenvalue weighted by molar-refractivity contribution is 9.10. The van der Waals surface area contributed by atoms with E-state index in [2.05, 4.69) is 15.9 Å². The summed E-state index contributed by atoms with van der Waals surface area (Å²) in [7, 11) is 0. The van der Waals surface area contributed by atoms with Gasteiger partial charge in [0.25, 0.3) is 5.91 Å². The van der Waals surface area contributed by atoms with E-state index in [1.165, 1.54) is 11.8 Å². The van der Waals surface area contributed by atoms with Gasteiger partial charge in [-0.05, 0) is 83.4 Å². The van der Waals surface area contributed by atoms with Crippen molar-refractivity contribution in [3.05, 3.63) is 90.7 Å². The average molecular weight is 609 g/mol. The summed E-state index contributed by atoms with van der Waals surface area (Å²) in [5.41, 5.74) is 3.53. The summed E-state index contributed by atoms with van der Waals surface area (Å²) in [6.07, 6.45) is 1.81. The summed E-state index contributed by atoms with van der Waals surface area (Å²) in [4.78, 5) is 15.2. The van der Waals surface area contributed by atoms with Crippen LogP contribution in [0.15, 0.2) is 64.0 Å². The molecule has 0 unspecified atom stereocenters. The summed E-state index contributed by atoms with van der Waals surface area (Å²) >= 11 is 22.5. The number of hydrogen-bond donors (Lipinski definition) is 0. The van der Waals surface area contributed by atoms with E-state index in [0.29, 0.717) is 41.8 Å². The quantitative estimate of drug-likeness (QED) is 0.199. The Balaban J connectivity index is 1.59. The summed E-state index contributed by atoms with van der Waals surface area (Å²) in [6, 6.07) is 16.8. The van der Waals surface area contributed by atoms with Crippen LogP contribution in [-0.4, -0.2) is 16.8 Å². The van der Waals surface area contributed by atoms with E-state index in [0.717, 1.165) is 22.4 Å². The van der Waals surface area contributed by atoms with Gasteiger partial charge < -0.3 is 9.47 Å². The molecule has 1 heterocycles. The van der Waals surface area contributed by atoms with Crippen LogP contribution in [-0.2, 0) is 11.4 Å². The Morgan fingerprint density at radius 1 is 1.06 bits per heavy atom. The third-order valence-corrected chi connectivity index (χ3v) is 7.71. The smallest absolute Gasteiger partial charge is 0.270 e. The Bertz CT molecular complexity index is 1330. The van der Waals surface area contributed by atoms with Crippen LogP contribution in [0.2, 0.25) is 10.0 Å². The van der Waals surface area contributed by atoms with Gasteiger partial charge in [0, 0.05) is 0 Å². The van der Waals surface area contributed by atoms with Crippen LogP contribution in [0.3, 0.4) is 0 Å². The Hall–Kier alpha value is -2.03. The van der Waals surface area contributed by atoms with Crippen LogP contribution in [0.4, 0.5) is 5.69 Å². The molecule has 1 fully saturated rings. The topological polar surface area (TPSA) is 38.8 Å². The van der Waals surface area contributed by atoms with Gasteiger partial charge >= 0.3 is 0 Å². The molecule has 4 nitrogen and oxygen atoms in total. The Kier molecular flexibility index (Phi) is 8.45. The number of rotatable bonds is 7. The summed E-state index contributed by atoms with van der Waals surface area (Å²) in [5.74, 6) is 0.961. The standard InChI is InChI=1S/C26H20BrCl2NO3S2/c1-3-32-22-12-17(10-19(27)24(22)33-14-16-6-9-20(28)21(29)11-16)13-23-25(31)30(26(34)35-23)18-7-4-15(2)5-8-18/h4-13H,3,14H2,1-2H3/b23-13-. The number of benzene rings is 3. The van der Waals surface area contributed by atoms with E-state index < -0.39 is 0 Å². The zero-order chi connectivity index (χ0) is 25.1. The summed E-state index contributed by atoms with van der Waals surface area (Å²) in [5, 5.41) is 0.957. The second-order valence-electron chi connectivity index (χ2n) is 7.65. The molecule has 0 saturated carbocycles. The van der Waals surface area contributed by atoms with Crippen molar-refractivity contribution in [2.24, 2.45) is 0 Å². The number of thiocarbonyl (C=S) groups is 1. The molecule has 0 spiro atoms. The van der Waals surface area contributed by atoms with E-state index >= 15 is 0 Å². The second-order valence-corrected chi connectivity index (χ2v) is 11.0. The molecule has 4 rings (SSSR count). The number of thioether (sulfide) groups is 1. The largest absolute Gasteiger partial charge is 0.490 e. The van der Waals surface area contributed by atoms with Crippen molar-refractivity contribution in [2.75, 3.05) is 11.5 Å². The third kappa shape index (κ3) is 6.04. The number of carbonyl (C=O) groups excluding carboxylic acids is 1.